The van der Waals surface area contributed by atoms with Crippen LogP contribution in [0.5, 0.6) is 5.88 Å². The lowest BCUT2D eigenvalue weighted by Crippen LogP contribution is -2.43. The number of H-pyrrole nitrogens is 2. The van der Waals surface area contributed by atoms with Gasteiger partial charge in [-0.05, 0) is 25.3 Å². The van der Waals surface area contributed by atoms with E-state index in [9.17, 15) is 22.8 Å². The van der Waals surface area contributed by atoms with Gasteiger partial charge < -0.3 is 14.6 Å². The molecule has 0 radical (unpaired) electrons. The van der Waals surface area contributed by atoms with Crippen molar-refractivity contribution in [2.24, 2.45) is 5.92 Å². The zero-order valence-electron chi connectivity index (χ0n) is 12.7. The van der Waals surface area contributed by atoms with Crippen LogP contribution in [0.15, 0.2) is 10.9 Å². The van der Waals surface area contributed by atoms with E-state index in [2.05, 4.69) is 15.2 Å². The molecule has 3 rings (SSSR count). The molecule has 2 N–H and O–H groups in total. The molecule has 7 nitrogen and oxygen atoms in total. The van der Waals surface area contributed by atoms with Crippen LogP contribution >= 0.6 is 0 Å². The summed E-state index contributed by atoms with van der Waals surface area (Å²) in [5.74, 6) is -1.40. The van der Waals surface area contributed by atoms with Crippen molar-refractivity contribution in [3.8, 4) is 5.88 Å². The van der Waals surface area contributed by atoms with Crippen molar-refractivity contribution >= 4 is 17.1 Å². The van der Waals surface area contributed by atoms with Crippen LogP contribution in [-0.4, -0.2) is 45.4 Å². The molecule has 1 aliphatic rings. The number of rotatable bonds is 1. The van der Waals surface area contributed by atoms with Gasteiger partial charge in [0.05, 0.1) is 11.3 Å². The second-order valence-electron chi connectivity index (χ2n) is 5.77. The molecule has 0 spiro atoms. The molecule has 2 aromatic rings. The summed E-state index contributed by atoms with van der Waals surface area (Å²) >= 11 is 0. The van der Waals surface area contributed by atoms with Gasteiger partial charge >= 0.3 is 12.3 Å². The van der Waals surface area contributed by atoms with Crippen molar-refractivity contribution in [2.75, 3.05) is 13.1 Å². The van der Waals surface area contributed by atoms with E-state index < -0.39 is 18.2 Å². The van der Waals surface area contributed by atoms with Crippen molar-refractivity contribution in [2.45, 2.75) is 25.9 Å². The molecule has 0 unspecified atom stereocenters. The summed E-state index contributed by atoms with van der Waals surface area (Å²) in [4.78, 5) is 27.3. The molecule has 2 aromatic heterocycles. The third-order valence-electron chi connectivity index (χ3n) is 4.12. The van der Waals surface area contributed by atoms with E-state index in [4.69, 9.17) is 4.74 Å². The monoisotopic (exact) mass is 344 g/mol. The molecule has 1 saturated heterocycles. The fraction of sp³-hybridized carbons (Fsp3) is 0.500. The summed E-state index contributed by atoms with van der Waals surface area (Å²) in [6, 6.07) is 1.34. The molecule has 0 saturated carbocycles. The number of piperidine rings is 1. The Bertz CT molecular complexity index is 819. The summed E-state index contributed by atoms with van der Waals surface area (Å²) in [6.07, 6.45) is -5.29. The van der Waals surface area contributed by atoms with E-state index >= 15 is 0 Å². The maximum absolute atomic E-state index is 12.6. The first-order valence-corrected chi connectivity index (χ1v) is 7.37. The SMILES string of the molecule is Cc1cc(=O)[nH]c2[nH]nc(OC(=O)N3CCC(C(F)(F)F)CC3)c12. The smallest absolute Gasteiger partial charge is 0.389 e. The van der Waals surface area contributed by atoms with Crippen LogP contribution in [0.2, 0.25) is 0 Å². The molecular formula is C14H15F3N4O3. The minimum absolute atomic E-state index is 0.0123. The molecule has 0 bridgehead atoms. The number of aryl methyl sites for hydroxylation is 1. The number of halogens is 3. The third kappa shape index (κ3) is 3.08. The van der Waals surface area contributed by atoms with Crippen LogP contribution < -0.4 is 10.3 Å². The van der Waals surface area contributed by atoms with Gasteiger partial charge in [0, 0.05) is 19.2 Å². The van der Waals surface area contributed by atoms with E-state index in [1.165, 1.54) is 11.0 Å². The molecule has 1 aliphatic heterocycles. The van der Waals surface area contributed by atoms with Crippen molar-refractivity contribution in [1.29, 1.82) is 0 Å². The number of likely N-dealkylation sites (tertiary alicyclic amines) is 1. The van der Waals surface area contributed by atoms with Crippen LogP contribution in [0.3, 0.4) is 0 Å². The number of amides is 1. The van der Waals surface area contributed by atoms with Crippen molar-refractivity contribution in [3.05, 3.63) is 22.0 Å². The van der Waals surface area contributed by atoms with Gasteiger partial charge in [-0.2, -0.15) is 13.2 Å². The Kier molecular flexibility index (Phi) is 3.98. The van der Waals surface area contributed by atoms with Crippen molar-refractivity contribution in [3.63, 3.8) is 0 Å². The average Bonchev–Trinajstić information content (AvgIpc) is 2.89. The highest BCUT2D eigenvalue weighted by Crippen LogP contribution is 2.34. The second kappa shape index (κ2) is 5.84. The maximum atomic E-state index is 12.6. The molecule has 1 amide bonds. The second-order valence-corrected chi connectivity index (χ2v) is 5.77. The van der Waals surface area contributed by atoms with Gasteiger partial charge in [-0.3, -0.25) is 9.89 Å². The van der Waals surface area contributed by atoms with Crippen molar-refractivity contribution < 1.29 is 22.7 Å². The molecule has 0 aromatic carbocycles. The number of aromatic amines is 2. The van der Waals surface area contributed by atoms with Gasteiger partial charge in [-0.15, -0.1) is 5.10 Å². The first-order valence-electron chi connectivity index (χ1n) is 7.37. The predicted octanol–water partition coefficient (Wildman–Crippen LogP) is 2.33. The first-order chi connectivity index (χ1) is 11.3. The molecule has 0 aliphatic carbocycles. The first kappa shape index (κ1) is 16.3. The number of carbonyl (C=O) groups excluding carboxylic acids is 1. The lowest BCUT2D eigenvalue weighted by molar-refractivity contribution is -0.183. The van der Waals surface area contributed by atoms with Crippen LogP contribution in [0.4, 0.5) is 18.0 Å². The number of fused-ring (bicyclic) bond motifs is 1. The molecular weight excluding hydrogens is 329 g/mol. The number of aromatic nitrogens is 3. The van der Waals surface area contributed by atoms with E-state index in [1.807, 2.05) is 0 Å². The summed E-state index contributed by atoms with van der Waals surface area (Å²) in [5, 5.41) is 6.85. The summed E-state index contributed by atoms with van der Waals surface area (Å²) < 4.78 is 43.1. The molecule has 24 heavy (non-hydrogen) atoms. The quantitative estimate of drug-likeness (QED) is 0.831. The Morgan fingerprint density at radius 2 is 2.04 bits per heavy atom. The normalized spacial score (nSPS) is 16.6. The zero-order valence-corrected chi connectivity index (χ0v) is 12.7. The number of hydrogen-bond acceptors (Lipinski definition) is 4. The van der Waals surface area contributed by atoms with Crippen LogP contribution in [0.1, 0.15) is 18.4 Å². The standard InChI is InChI=1S/C14H15F3N4O3/c1-7-6-9(22)18-11-10(7)12(20-19-11)24-13(23)21-4-2-8(3-5-21)14(15,16)17/h6,8H,2-5H2,1H3,(H2,18,19,20,22). The zero-order chi connectivity index (χ0) is 17.5. The molecule has 10 heteroatoms. The van der Waals surface area contributed by atoms with Gasteiger partial charge in [0.1, 0.15) is 5.65 Å². The number of pyridine rings is 1. The lowest BCUT2D eigenvalue weighted by Gasteiger charge is -2.31. The van der Waals surface area contributed by atoms with Crippen molar-refractivity contribution in [1.82, 2.24) is 20.1 Å². The highest BCUT2D eigenvalue weighted by molar-refractivity contribution is 5.86. The van der Waals surface area contributed by atoms with Gasteiger partial charge in [0.25, 0.3) is 5.88 Å². The van der Waals surface area contributed by atoms with Crippen LogP contribution in [0.25, 0.3) is 11.0 Å². The van der Waals surface area contributed by atoms with Gasteiger partial charge in [-0.1, -0.05) is 0 Å². The minimum Gasteiger partial charge on any atom is -0.389 e. The largest absolute Gasteiger partial charge is 0.416 e. The Balaban J connectivity index is 1.71. The fourth-order valence-electron chi connectivity index (χ4n) is 2.82. The number of carbonyl (C=O) groups is 1. The Hall–Kier alpha value is -2.52. The lowest BCUT2D eigenvalue weighted by atomic mass is 9.97. The Morgan fingerprint density at radius 1 is 1.38 bits per heavy atom. The highest BCUT2D eigenvalue weighted by Gasteiger charge is 2.42. The maximum Gasteiger partial charge on any atom is 0.416 e. The van der Waals surface area contributed by atoms with Crippen LogP contribution in [0, 0.1) is 12.8 Å². The highest BCUT2D eigenvalue weighted by atomic mass is 19.4. The average molecular weight is 344 g/mol. The number of hydrogen-bond donors (Lipinski definition) is 2. The van der Waals surface area contributed by atoms with E-state index in [-0.39, 0.29) is 37.4 Å². The molecule has 130 valence electrons. The minimum atomic E-state index is -4.24. The third-order valence-corrected chi connectivity index (χ3v) is 4.12. The Labute approximate surface area is 133 Å². The summed E-state index contributed by atoms with van der Waals surface area (Å²) in [5.41, 5.74) is 0.565. The van der Waals surface area contributed by atoms with Gasteiger partial charge in [-0.25, -0.2) is 4.79 Å². The molecule has 3 heterocycles. The topological polar surface area (TPSA) is 91.1 Å². The molecule has 0 atom stereocenters. The van der Waals surface area contributed by atoms with E-state index in [1.54, 1.807) is 6.92 Å². The predicted molar refractivity (Wildman–Crippen MR) is 77.8 cm³/mol. The van der Waals surface area contributed by atoms with Gasteiger partial charge in [0.15, 0.2) is 0 Å². The van der Waals surface area contributed by atoms with Gasteiger partial charge in [0.2, 0.25) is 5.56 Å². The fourth-order valence-corrected chi connectivity index (χ4v) is 2.82. The van der Waals surface area contributed by atoms with Crippen LogP contribution in [-0.2, 0) is 0 Å². The summed E-state index contributed by atoms with van der Waals surface area (Å²) in [7, 11) is 0. The number of alkyl halides is 3. The number of nitrogens with one attached hydrogen (secondary N) is 2. The number of ether oxygens (including phenoxy) is 1. The van der Waals surface area contributed by atoms with E-state index in [0.29, 0.717) is 16.6 Å². The number of nitrogens with zero attached hydrogens (tertiary/aromatic N) is 2. The molecule has 1 fully saturated rings. The Morgan fingerprint density at radius 3 is 2.67 bits per heavy atom. The van der Waals surface area contributed by atoms with E-state index in [0.717, 1.165) is 0 Å². The summed E-state index contributed by atoms with van der Waals surface area (Å²) in [6.45, 7) is 1.61.